The van der Waals surface area contributed by atoms with E-state index in [0.717, 1.165) is 6.42 Å². The topological polar surface area (TPSA) is 38.9 Å². The zero-order valence-electron chi connectivity index (χ0n) is 6.59. The molecule has 0 bridgehead atoms. The molecule has 0 aliphatic carbocycles. The average molecular weight is 140 g/mol. The molecule has 0 fully saturated rings. The van der Waals surface area contributed by atoms with Gasteiger partial charge < -0.3 is 4.52 Å². The molecule has 1 aromatic rings. The van der Waals surface area contributed by atoms with Crippen LogP contribution in [0, 0.1) is 5.41 Å². The molecule has 1 rings (SSSR count). The van der Waals surface area contributed by atoms with Crippen LogP contribution in [0.25, 0.3) is 0 Å². The summed E-state index contributed by atoms with van der Waals surface area (Å²) in [5, 5.41) is 3.52. The average Bonchev–Trinajstić information content (AvgIpc) is 2.12. The van der Waals surface area contributed by atoms with Gasteiger partial charge in [0.1, 0.15) is 0 Å². The Morgan fingerprint density at radius 3 is 2.60 bits per heavy atom. The summed E-state index contributed by atoms with van der Waals surface area (Å²) in [6.45, 7) is 6.41. The van der Waals surface area contributed by atoms with Crippen molar-refractivity contribution in [2.45, 2.75) is 27.2 Å². The molecule has 0 spiro atoms. The Morgan fingerprint density at radius 1 is 1.50 bits per heavy atom. The normalized spacial score (nSPS) is 11.9. The highest BCUT2D eigenvalue weighted by molar-refractivity contribution is 4.80. The van der Waals surface area contributed by atoms with Crippen molar-refractivity contribution in [1.82, 2.24) is 10.1 Å². The molecule has 0 saturated carbocycles. The SMILES string of the molecule is CC(C)(C)Cc1ncno1. The first-order valence-electron chi connectivity index (χ1n) is 3.33. The second-order valence-corrected chi connectivity index (χ2v) is 3.57. The Morgan fingerprint density at radius 2 is 2.20 bits per heavy atom. The molecule has 0 aliphatic heterocycles. The first-order chi connectivity index (χ1) is 4.58. The van der Waals surface area contributed by atoms with Gasteiger partial charge in [-0.05, 0) is 5.41 Å². The second kappa shape index (κ2) is 2.40. The number of nitrogens with zero attached hydrogens (tertiary/aromatic N) is 2. The first kappa shape index (κ1) is 7.25. The van der Waals surface area contributed by atoms with Crippen molar-refractivity contribution >= 4 is 0 Å². The molecule has 3 heteroatoms. The Bertz CT molecular complexity index is 186. The summed E-state index contributed by atoms with van der Waals surface area (Å²) >= 11 is 0. The van der Waals surface area contributed by atoms with Gasteiger partial charge in [-0.25, -0.2) is 0 Å². The molecule has 0 N–H and O–H groups in total. The van der Waals surface area contributed by atoms with Crippen molar-refractivity contribution in [3.8, 4) is 0 Å². The van der Waals surface area contributed by atoms with E-state index in [1.54, 1.807) is 0 Å². The zero-order chi connectivity index (χ0) is 7.61. The van der Waals surface area contributed by atoms with E-state index in [-0.39, 0.29) is 5.41 Å². The fraction of sp³-hybridized carbons (Fsp3) is 0.714. The van der Waals surface area contributed by atoms with Crippen molar-refractivity contribution in [3.05, 3.63) is 12.2 Å². The smallest absolute Gasteiger partial charge is 0.226 e. The number of hydrogen-bond acceptors (Lipinski definition) is 3. The first-order valence-corrected chi connectivity index (χ1v) is 3.33. The largest absolute Gasteiger partial charge is 0.340 e. The van der Waals surface area contributed by atoms with Gasteiger partial charge in [-0.2, -0.15) is 4.98 Å². The number of hydrogen-bond donors (Lipinski definition) is 0. The third kappa shape index (κ3) is 2.17. The van der Waals surface area contributed by atoms with Gasteiger partial charge in [-0.15, -0.1) is 0 Å². The van der Waals surface area contributed by atoms with Crippen LogP contribution in [0.5, 0.6) is 0 Å². The molecular formula is C7H12N2O. The maximum absolute atomic E-state index is 4.85. The second-order valence-electron chi connectivity index (χ2n) is 3.57. The Hall–Kier alpha value is -0.860. The zero-order valence-corrected chi connectivity index (χ0v) is 6.59. The predicted molar refractivity (Wildman–Crippen MR) is 37.5 cm³/mol. The Balaban J connectivity index is 2.57. The van der Waals surface area contributed by atoms with Crippen LogP contribution in [0.1, 0.15) is 26.7 Å². The molecule has 0 unspecified atom stereocenters. The van der Waals surface area contributed by atoms with Gasteiger partial charge in [-0.3, -0.25) is 0 Å². The summed E-state index contributed by atoms with van der Waals surface area (Å²) in [6, 6.07) is 0. The fourth-order valence-electron chi connectivity index (χ4n) is 0.728. The molecule has 1 heterocycles. The van der Waals surface area contributed by atoms with E-state index < -0.39 is 0 Å². The van der Waals surface area contributed by atoms with Crippen molar-refractivity contribution in [1.29, 1.82) is 0 Å². The molecule has 0 atom stereocenters. The van der Waals surface area contributed by atoms with Gasteiger partial charge in [0.25, 0.3) is 0 Å². The highest BCUT2D eigenvalue weighted by Gasteiger charge is 2.14. The summed E-state index contributed by atoms with van der Waals surface area (Å²) in [6.07, 6.45) is 2.27. The molecule has 56 valence electrons. The van der Waals surface area contributed by atoms with Crippen molar-refractivity contribution in [2.75, 3.05) is 0 Å². The lowest BCUT2D eigenvalue weighted by molar-refractivity contribution is 0.313. The summed E-state index contributed by atoms with van der Waals surface area (Å²) in [7, 11) is 0. The monoisotopic (exact) mass is 140 g/mol. The van der Waals surface area contributed by atoms with Crippen molar-refractivity contribution < 1.29 is 4.52 Å². The molecule has 0 radical (unpaired) electrons. The van der Waals surface area contributed by atoms with E-state index in [0.29, 0.717) is 5.89 Å². The molecule has 0 aliphatic rings. The van der Waals surface area contributed by atoms with Crippen LogP contribution < -0.4 is 0 Å². The standard InChI is InChI=1S/C7H12N2O/c1-7(2,3)4-6-8-5-9-10-6/h5H,4H2,1-3H3. The Labute approximate surface area is 60.4 Å². The van der Waals surface area contributed by atoms with E-state index in [1.165, 1.54) is 6.33 Å². The van der Waals surface area contributed by atoms with Gasteiger partial charge in [0.2, 0.25) is 5.89 Å². The van der Waals surface area contributed by atoms with Crippen LogP contribution >= 0.6 is 0 Å². The van der Waals surface area contributed by atoms with Gasteiger partial charge in [0.05, 0.1) is 0 Å². The quantitative estimate of drug-likeness (QED) is 0.595. The molecule has 0 aromatic carbocycles. The van der Waals surface area contributed by atoms with E-state index in [2.05, 4.69) is 30.9 Å². The summed E-state index contributed by atoms with van der Waals surface area (Å²) in [4.78, 5) is 3.92. The minimum Gasteiger partial charge on any atom is -0.340 e. The van der Waals surface area contributed by atoms with Crippen molar-refractivity contribution in [3.63, 3.8) is 0 Å². The third-order valence-corrected chi connectivity index (χ3v) is 1.09. The highest BCUT2D eigenvalue weighted by Crippen LogP contribution is 2.18. The summed E-state index contributed by atoms with van der Waals surface area (Å²) in [5.41, 5.74) is 0.229. The fourth-order valence-corrected chi connectivity index (χ4v) is 0.728. The lowest BCUT2D eigenvalue weighted by atomic mass is 9.92. The van der Waals surface area contributed by atoms with Crippen LogP contribution in [0.15, 0.2) is 10.9 Å². The van der Waals surface area contributed by atoms with E-state index in [9.17, 15) is 0 Å². The van der Waals surface area contributed by atoms with Crippen molar-refractivity contribution in [2.24, 2.45) is 5.41 Å². The van der Waals surface area contributed by atoms with E-state index in [4.69, 9.17) is 4.52 Å². The molecule has 3 nitrogen and oxygen atoms in total. The minimum atomic E-state index is 0.229. The van der Waals surface area contributed by atoms with Crippen LogP contribution in [0.3, 0.4) is 0 Å². The number of rotatable bonds is 1. The molecule has 0 amide bonds. The van der Waals surface area contributed by atoms with Crippen LogP contribution in [-0.4, -0.2) is 10.1 Å². The minimum absolute atomic E-state index is 0.229. The summed E-state index contributed by atoms with van der Waals surface area (Å²) < 4.78 is 4.85. The van der Waals surface area contributed by atoms with Crippen LogP contribution in [0.2, 0.25) is 0 Å². The Kier molecular flexibility index (Phi) is 1.74. The maximum atomic E-state index is 4.85. The molecule has 1 aromatic heterocycles. The number of aromatic nitrogens is 2. The van der Waals surface area contributed by atoms with E-state index >= 15 is 0 Å². The lowest BCUT2D eigenvalue weighted by Crippen LogP contribution is -2.09. The molecule has 0 saturated heterocycles. The summed E-state index contributed by atoms with van der Waals surface area (Å²) in [5.74, 6) is 0.715. The molecular weight excluding hydrogens is 128 g/mol. The predicted octanol–water partition coefficient (Wildman–Crippen LogP) is 1.66. The maximum Gasteiger partial charge on any atom is 0.226 e. The highest BCUT2D eigenvalue weighted by atomic mass is 16.5. The van der Waals surface area contributed by atoms with Gasteiger partial charge in [0.15, 0.2) is 6.33 Å². The van der Waals surface area contributed by atoms with E-state index in [1.807, 2.05) is 0 Å². The third-order valence-electron chi connectivity index (χ3n) is 1.09. The van der Waals surface area contributed by atoms with Crippen LogP contribution in [-0.2, 0) is 6.42 Å². The molecule has 10 heavy (non-hydrogen) atoms. The lowest BCUT2D eigenvalue weighted by Gasteiger charge is -2.13. The van der Waals surface area contributed by atoms with Gasteiger partial charge >= 0.3 is 0 Å². The van der Waals surface area contributed by atoms with Crippen LogP contribution in [0.4, 0.5) is 0 Å². The van der Waals surface area contributed by atoms with Gasteiger partial charge in [0, 0.05) is 6.42 Å². The van der Waals surface area contributed by atoms with Gasteiger partial charge in [-0.1, -0.05) is 25.9 Å².